The number of amides is 1. The van der Waals surface area contributed by atoms with Gasteiger partial charge in [0.15, 0.2) is 0 Å². The van der Waals surface area contributed by atoms with E-state index in [4.69, 9.17) is 10.5 Å². The first-order valence-electron chi connectivity index (χ1n) is 10.2. The molecule has 0 bridgehead atoms. The third kappa shape index (κ3) is 3.53. The summed E-state index contributed by atoms with van der Waals surface area (Å²) in [6.45, 7) is 2.72. The Morgan fingerprint density at radius 2 is 1.61 bits per heavy atom. The second-order valence-electron chi connectivity index (χ2n) is 7.73. The Bertz CT molecular complexity index is 1420. The van der Waals surface area contributed by atoms with Gasteiger partial charge in [-0.05, 0) is 60.5 Å². The number of aromatic nitrogens is 1. The predicted molar refractivity (Wildman–Crippen MR) is 125 cm³/mol. The van der Waals surface area contributed by atoms with Gasteiger partial charge in [-0.2, -0.15) is 0 Å². The number of carbonyl (C=O) groups excluding carboxylic acids is 1. The van der Waals surface area contributed by atoms with E-state index < -0.39 is 5.91 Å². The van der Waals surface area contributed by atoms with Gasteiger partial charge in [-0.25, -0.2) is 0 Å². The van der Waals surface area contributed by atoms with Crippen molar-refractivity contribution >= 4 is 27.7 Å². The maximum Gasteiger partial charge on any atom is 0.249 e. The summed E-state index contributed by atoms with van der Waals surface area (Å²) in [5, 5.41) is 1.94. The number of hydrogen-bond acceptors (Lipinski definition) is 2. The van der Waals surface area contributed by atoms with E-state index in [0.29, 0.717) is 12.1 Å². The molecule has 1 heterocycles. The van der Waals surface area contributed by atoms with Gasteiger partial charge in [0.25, 0.3) is 0 Å². The van der Waals surface area contributed by atoms with Gasteiger partial charge in [-0.15, -0.1) is 0 Å². The molecule has 0 atom stereocenters. The Kier molecular flexibility index (Phi) is 4.68. The molecule has 0 aliphatic carbocycles. The van der Waals surface area contributed by atoms with E-state index in [2.05, 4.69) is 41.8 Å². The van der Waals surface area contributed by atoms with Crippen molar-refractivity contribution in [2.75, 3.05) is 0 Å². The molecule has 1 amide bonds. The molecule has 31 heavy (non-hydrogen) atoms. The molecule has 4 aromatic carbocycles. The van der Waals surface area contributed by atoms with Crippen molar-refractivity contribution in [3.8, 4) is 11.5 Å². The SMILES string of the molecule is Cc1ccc2c3c(C(N)=O)cccc3n(Cc3cccc(Oc4ccccc4)c3)c2c1. The number of ether oxygens (including phenoxy) is 1. The number of aryl methyl sites for hydroxylation is 1. The zero-order valence-electron chi connectivity index (χ0n) is 17.2. The van der Waals surface area contributed by atoms with Crippen LogP contribution in [0.5, 0.6) is 11.5 Å². The summed E-state index contributed by atoms with van der Waals surface area (Å²) < 4.78 is 8.25. The van der Waals surface area contributed by atoms with Gasteiger partial charge >= 0.3 is 0 Å². The molecule has 2 N–H and O–H groups in total. The summed E-state index contributed by atoms with van der Waals surface area (Å²) in [6, 6.07) is 29.9. The van der Waals surface area contributed by atoms with Gasteiger partial charge in [0.1, 0.15) is 11.5 Å². The van der Waals surface area contributed by atoms with Crippen LogP contribution in [-0.4, -0.2) is 10.5 Å². The fourth-order valence-electron chi connectivity index (χ4n) is 4.14. The van der Waals surface area contributed by atoms with Crippen molar-refractivity contribution in [1.29, 1.82) is 0 Å². The van der Waals surface area contributed by atoms with Gasteiger partial charge in [-0.3, -0.25) is 4.79 Å². The van der Waals surface area contributed by atoms with Crippen LogP contribution in [0.25, 0.3) is 21.8 Å². The van der Waals surface area contributed by atoms with Crippen LogP contribution < -0.4 is 10.5 Å². The van der Waals surface area contributed by atoms with Crippen LogP contribution in [0, 0.1) is 6.92 Å². The summed E-state index contributed by atoms with van der Waals surface area (Å²) in [7, 11) is 0. The van der Waals surface area contributed by atoms with Gasteiger partial charge in [0.2, 0.25) is 5.91 Å². The maximum absolute atomic E-state index is 12.1. The smallest absolute Gasteiger partial charge is 0.249 e. The number of benzene rings is 4. The fraction of sp³-hybridized carbons (Fsp3) is 0.0741. The number of carbonyl (C=O) groups is 1. The molecule has 152 valence electrons. The molecule has 5 rings (SSSR count). The Balaban J connectivity index is 1.62. The second-order valence-corrected chi connectivity index (χ2v) is 7.73. The lowest BCUT2D eigenvalue weighted by molar-refractivity contribution is 0.100. The van der Waals surface area contributed by atoms with Crippen molar-refractivity contribution in [1.82, 2.24) is 4.57 Å². The van der Waals surface area contributed by atoms with Crippen LogP contribution in [0.4, 0.5) is 0 Å². The minimum absolute atomic E-state index is 0.413. The number of nitrogens with zero attached hydrogens (tertiary/aromatic N) is 1. The zero-order chi connectivity index (χ0) is 21.4. The van der Waals surface area contributed by atoms with Crippen molar-refractivity contribution in [2.24, 2.45) is 5.73 Å². The minimum Gasteiger partial charge on any atom is -0.457 e. The van der Waals surface area contributed by atoms with Crippen molar-refractivity contribution < 1.29 is 9.53 Å². The number of fused-ring (bicyclic) bond motifs is 3. The van der Waals surface area contributed by atoms with E-state index in [1.54, 1.807) is 6.07 Å². The molecule has 0 saturated carbocycles. The van der Waals surface area contributed by atoms with E-state index in [1.807, 2.05) is 54.6 Å². The maximum atomic E-state index is 12.1. The number of hydrogen-bond donors (Lipinski definition) is 1. The van der Waals surface area contributed by atoms with E-state index in [0.717, 1.165) is 38.9 Å². The fourth-order valence-corrected chi connectivity index (χ4v) is 4.14. The number of para-hydroxylation sites is 1. The first-order chi connectivity index (χ1) is 15.1. The first kappa shape index (κ1) is 18.9. The molecule has 0 fully saturated rings. The second kappa shape index (κ2) is 7.65. The van der Waals surface area contributed by atoms with Crippen LogP contribution in [0.3, 0.4) is 0 Å². The highest BCUT2D eigenvalue weighted by molar-refractivity contribution is 6.17. The third-order valence-electron chi connectivity index (χ3n) is 5.53. The highest BCUT2D eigenvalue weighted by Gasteiger charge is 2.16. The first-order valence-corrected chi connectivity index (χ1v) is 10.2. The molecule has 4 heteroatoms. The zero-order valence-corrected chi connectivity index (χ0v) is 17.2. The number of rotatable bonds is 5. The van der Waals surface area contributed by atoms with Crippen molar-refractivity contribution in [3.05, 3.63) is 108 Å². The summed E-state index contributed by atoms with van der Waals surface area (Å²) in [4.78, 5) is 12.1. The van der Waals surface area contributed by atoms with Crippen LogP contribution >= 0.6 is 0 Å². The van der Waals surface area contributed by atoms with Gasteiger partial charge in [0, 0.05) is 28.4 Å². The number of nitrogens with two attached hydrogens (primary N) is 1. The van der Waals surface area contributed by atoms with Crippen molar-refractivity contribution in [3.63, 3.8) is 0 Å². The average molecular weight is 406 g/mol. The standard InChI is InChI=1S/C27H22N2O2/c1-18-13-14-22-25(15-18)29(24-12-6-11-23(26(22)24)27(28)30)17-19-7-5-10-21(16-19)31-20-8-3-2-4-9-20/h2-16H,17H2,1H3,(H2,28,30). The molecule has 0 spiro atoms. The van der Waals surface area contributed by atoms with E-state index in [-0.39, 0.29) is 0 Å². The topological polar surface area (TPSA) is 57.2 Å². The van der Waals surface area contributed by atoms with E-state index >= 15 is 0 Å². The van der Waals surface area contributed by atoms with Crippen molar-refractivity contribution in [2.45, 2.75) is 13.5 Å². The van der Waals surface area contributed by atoms with E-state index in [9.17, 15) is 4.79 Å². The summed E-state index contributed by atoms with van der Waals surface area (Å²) >= 11 is 0. The summed E-state index contributed by atoms with van der Waals surface area (Å²) in [5.74, 6) is 1.18. The molecule has 4 nitrogen and oxygen atoms in total. The summed E-state index contributed by atoms with van der Waals surface area (Å²) in [5.41, 5.74) is 10.6. The molecule has 0 saturated heterocycles. The largest absolute Gasteiger partial charge is 0.457 e. The molecule has 0 unspecified atom stereocenters. The molecule has 0 aliphatic rings. The van der Waals surface area contributed by atoms with Gasteiger partial charge in [-0.1, -0.05) is 48.5 Å². The van der Waals surface area contributed by atoms with Crippen LogP contribution in [0.15, 0.2) is 91.0 Å². The highest BCUT2D eigenvalue weighted by atomic mass is 16.5. The molecular formula is C27H22N2O2. The molecule has 0 aliphatic heterocycles. The normalized spacial score (nSPS) is 11.1. The Hall–Kier alpha value is -4.05. The Labute approximate surface area is 180 Å². The molecule has 5 aromatic rings. The monoisotopic (exact) mass is 406 g/mol. The van der Waals surface area contributed by atoms with Gasteiger partial charge in [0.05, 0.1) is 5.52 Å². The van der Waals surface area contributed by atoms with E-state index in [1.165, 1.54) is 5.56 Å². The molecule has 1 aromatic heterocycles. The van der Waals surface area contributed by atoms with Crippen LogP contribution in [-0.2, 0) is 6.54 Å². The minimum atomic E-state index is -0.413. The highest BCUT2D eigenvalue weighted by Crippen LogP contribution is 2.33. The Morgan fingerprint density at radius 1 is 0.839 bits per heavy atom. The predicted octanol–water partition coefficient (Wildman–Crippen LogP) is 6.04. The Morgan fingerprint density at radius 3 is 2.42 bits per heavy atom. The average Bonchev–Trinajstić information content (AvgIpc) is 3.07. The van der Waals surface area contributed by atoms with Gasteiger partial charge < -0.3 is 15.0 Å². The molecule has 0 radical (unpaired) electrons. The summed E-state index contributed by atoms with van der Waals surface area (Å²) in [6.07, 6.45) is 0. The molecular weight excluding hydrogens is 384 g/mol. The third-order valence-corrected chi connectivity index (χ3v) is 5.53. The lowest BCUT2D eigenvalue weighted by Crippen LogP contribution is -2.11. The lowest BCUT2D eigenvalue weighted by atomic mass is 10.1. The van der Waals surface area contributed by atoms with Crippen LogP contribution in [0.1, 0.15) is 21.5 Å². The quantitative estimate of drug-likeness (QED) is 0.387. The number of primary amides is 1. The lowest BCUT2D eigenvalue weighted by Gasteiger charge is -2.11. The van der Waals surface area contributed by atoms with Crippen LogP contribution in [0.2, 0.25) is 0 Å².